The summed E-state index contributed by atoms with van der Waals surface area (Å²) in [6, 6.07) is 8.21. The van der Waals surface area contributed by atoms with Crippen molar-refractivity contribution < 1.29 is 4.74 Å². The number of rotatable bonds is 4. The van der Waals surface area contributed by atoms with E-state index in [1.54, 1.807) is 6.34 Å². The van der Waals surface area contributed by atoms with E-state index < -0.39 is 0 Å². The summed E-state index contributed by atoms with van der Waals surface area (Å²) in [6.45, 7) is 11.1. The minimum absolute atomic E-state index is 0.361. The van der Waals surface area contributed by atoms with E-state index in [1.807, 2.05) is 0 Å². The van der Waals surface area contributed by atoms with Crippen molar-refractivity contribution in [2.45, 2.75) is 76.8 Å². The molecule has 1 aromatic heterocycles. The molecule has 4 aliphatic rings. The summed E-state index contributed by atoms with van der Waals surface area (Å²) in [5.41, 5.74) is 9.22. The third-order valence-electron chi connectivity index (χ3n) is 8.48. The number of fused-ring (bicyclic) bond motifs is 3. The molecule has 2 fully saturated rings. The Morgan fingerprint density at radius 2 is 1.94 bits per heavy atom. The highest BCUT2D eigenvalue weighted by Crippen LogP contribution is 2.38. The maximum Gasteiger partial charge on any atom is 0.110 e. The van der Waals surface area contributed by atoms with Crippen LogP contribution < -0.4 is 0 Å². The van der Waals surface area contributed by atoms with Crippen LogP contribution in [-0.2, 0) is 4.74 Å². The highest BCUT2D eigenvalue weighted by molar-refractivity contribution is 6.06. The molecular weight excluding hydrogens is 432 g/mol. The second kappa shape index (κ2) is 9.51. The van der Waals surface area contributed by atoms with Crippen molar-refractivity contribution in [3.63, 3.8) is 0 Å². The number of benzene rings is 1. The number of nitrogens with zero attached hydrogens (tertiary/aromatic N) is 3. The van der Waals surface area contributed by atoms with Crippen LogP contribution in [0.4, 0.5) is 0 Å². The first-order valence-corrected chi connectivity index (χ1v) is 13.5. The van der Waals surface area contributed by atoms with Crippen LogP contribution in [0.25, 0.3) is 16.5 Å². The van der Waals surface area contributed by atoms with E-state index in [9.17, 15) is 0 Å². The zero-order valence-corrected chi connectivity index (χ0v) is 21.4. The van der Waals surface area contributed by atoms with Crippen LogP contribution in [0.2, 0.25) is 0 Å². The van der Waals surface area contributed by atoms with Crippen molar-refractivity contribution >= 4 is 28.5 Å². The fourth-order valence-electron chi connectivity index (χ4n) is 6.29. The van der Waals surface area contributed by atoms with Gasteiger partial charge in [0.05, 0.1) is 25.3 Å². The molecule has 0 radical (unpaired) electrons. The van der Waals surface area contributed by atoms with E-state index in [0.717, 1.165) is 32.5 Å². The van der Waals surface area contributed by atoms with E-state index >= 15 is 0 Å². The van der Waals surface area contributed by atoms with E-state index in [1.165, 1.54) is 70.5 Å². The maximum atomic E-state index is 5.42. The SMILES string of the molecule is C/C1=C/C(c2[nH]c3ccc(C4CCN(C5COC5)CC4)cc3c2C(C)C)=C\CCC2CC1=NC=N2. The van der Waals surface area contributed by atoms with Crippen LogP contribution in [0.3, 0.4) is 0 Å². The molecule has 4 heterocycles. The number of hydrogen-bond donors (Lipinski definition) is 1. The van der Waals surface area contributed by atoms with Crippen molar-refractivity contribution in [2.24, 2.45) is 9.98 Å². The molecule has 2 bridgehead atoms. The molecule has 5 heteroatoms. The molecule has 1 N–H and O–H groups in total. The molecule has 1 aromatic carbocycles. The molecule has 5 nitrogen and oxygen atoms in total. The predicted octanol–water partition coefficient (Wildman–Crippen LogP) is 6.23. The number of nitrogens with one attached hydrogen (secondary N) is 1. The highest BCUT2D eigenvalue weighted by atomic mass is 16.5. The molecule has 0 amide bonds. The van der Waals surface area contributed by atoms with Crippen LogP contribution in [0, 0.1) is 0 Å². The monoisotopic (exact) mass is 470 g/mol. The first-order chi connectivity index (χ1) is 17.1. The van der Waals surface area contributed by atoms with Gasteiger partial charge in [-0.15, -0.1) is 0 Å². The molecule has 35 heavy (non-hydrogen) atoms. The lowest BCUT2D eigenvalue weighted by atomic mass is 9.87. The minimum Gasteiger partial charge on any atom is -0.378 e. The lowest BCUT2D eigenvalue weighted by Crippen LogP contribution is -2.51. The second-order valence-electron chi connectivity index (χ2n) is 11.1. The quantitative estimate of drug-likeness (QED) is 0.575. The Hall–Kier alpha value is -2.50. The molecule has 6 rings (SSSR count). The van der Waals surface area contributed by atoms with E-state index in [0.29, 0.717) is 23.9 Å². The average molecular weight is 471 g/mol. The Balaban J connectivity index is 1.33. The summed E-state index contributed by atoms with van der Waals surface area (Å²) in [7, 11) is 0. The summed E-state index contributed by atoms with van der Waals surface area (Å²) < 4.78 is 5.42. The topological polar surface area (TPSA) is 53.0 Å². The second-order valence-corrected chi connectivity index (χ2v) is 11.1. The largest absolute Gasteiger partial charge is 0.378 e. The van der Waals surface area contributed by atoms with Gasteiger partial charge in [-0.05, 0) is 98.0 Å². The molecular formula is C30H38N4O. The fourth-order valence-corrected chi connectivity index (χ4v) is 6.29. The van der Waals surface area contributed by atoms with Crippen molar-refractivity contribution in [3.8, 4) is 0 Å². The number of aromatic amines is 1. The summed E-state index contributed by atoms with van der Waals surface area (Å²) in [4.78, 5) is 15.7. The third-order valence-corrected chi connectivity index (χ3v) is 8.48. The van der Waals surface area contributed by atoms with E-state index in [2.05, 4.69) is 71.0 Å². The van der Waals surface area contributed by atoms with Gasteiger partial charge >= 0.3 is 0 Å². The van der Waals surface area contributed by atoms with Crippen molar-refractivity contribution in [1.29, 1.82) is 0 Å². The molecule has 0 spiro atoms. The number of likely N-dealkylation sites (tertiary alicyclic amines) is 1. The van der Waals surface area contributed by atoms with Gasteiger partial charge in [-0.1, -0.05) is 26.0 Å². The standard InChI is InChI=1S/C30H38N4O/c1-19(2)29-26-14-22(21-9-11-34(12-10-21)25-16-35-17-25)7-8-27(26)33-30(29)23-5-4-6-24-15-28(20(3)13-23)32-18-31-24/h5,7-8,13-14,18-19,21,24-25,33H,4,6,9-12,15-17H2,1-3H3/b20-13-,23-5+. The summed E-state index contributed by atoms with van der Waals surface area (Å²) >= 11 is 0. The van der Waals surface area contributed by atoms with E-state index in [-0.39, 0.29) is 0 Å². The van der Waals surface area contributed by atoms with Gasteiger partial charge in [0.2, 0.25) is 0 Å². The van der Waals surface area contributed by atoms with Crippen molar-refractivity contribution in [2.75, 3.05) is 26.3 Å². The zero-order valence-electron chi connectivity index (χ0n) is 21.4. The van der Waals surface area contributed by atoms with Gasteiger partial charge in [0.25, 0.3) is 0 Å². The summed E-state index contributed by atoms with van der Waals surface area (Å²) in [6.07, 6.45) is 12.1. The number of aliphatic imine (C=N–C) groups is 2. The lowest BCUT2D eigenvalue weighted by Gasteiger charge is -2.41. The van der Waals surface area contributed by atoms with Crippen molar-refractivity contribution in [1.82, 2.24) is 9.88 Å². The number of hydrogen-bond acceptors (Lipinski definition) is 4. The van der Waals surface area contributed by atoms with Gasteiger partial charge in [0.1, 0.15) is 6.34 Å². The maximum absolute atomic E-state index is 5.42. The Morgan fingerprint density at radius 1 is 1.11 bits per heavy atom. The van der Waals surface area contributed by atoms with Crippen LogP contribution >= 0.6 is 0 Å². The Labute approximate surface area is 209 Å². The van der Waals surface area contributed by atoms with E-state index in [4.69, 9.17) is 4.74 Å². The van der Waals surface area contributed by atoms with Gasteiger partial charge in [0.15, 0.2) is 0 Å². The van der Waals surface area contributed by atoms with Crippen LogP contribution in [-0.4, -0.2) is 60.3 Å². The Bertz CT molecular complexity index is 1220. The predicted molar refractivity (Wildman–Crippen MR) is 146 cm³/mol. The first kappa shape index (κ1) is 22.9. The molecule has 1 unspecified atom stereocenters. The van der Waals surface area contributed by atoms with Gasteiger partial charge in [0, 0.05) is 28.7 Å². The Morgan fingerprint density at radius 3 is 2.69 bits per heavy atom. The molecule has 2 aromatic rings. The zero-order chi connectivity index (χ0) is 23.9. The number of allylic oxidation sites excluding steroid dienone is 4. The molecule has 3 aliphatic heterocycles. The van der Waals surface area contributed by atoms with Crippen LogP contribution in [0.1, 0.15) is 81.5 Å². The fraction of sp³-hybridized carbons (Fsp3) is 0.533. The highest BCUT2D eigenvalue weighted by Gasteiger charge is 2.30. The first-order valence-electron chi connectivity index (χ1n) is 13.5. The van der Waals surface area contributed by atoms with Gasteiger partial charge in [-0.3, -0.25) is 9.89 Å². The number of ether oxygens (including phenoxy) is 1. The molecule has 1 aliphatic carbocycles. The van der Waals surface area contributed by atoms with Crippen LogP contribution in [0.15, 0.2) is 45.9 Å². The smallest absolute Gasteiger partial charge is 0.110 e. The third kappa shape index (κ3) is 4.45. The number of piperidine rings is 1. The lowest BCUT2D eigenvalue weighted by molar-refractivity contribution is -0.0712. The van der Waals surface area contributed by atoms with Gasteiger partial charge in [-0.25, -0.2) is 4.99 Å². The van der Waals surface area contributed by atoms with Crippen molar-refractivity contribution in [3.05, 3.63) is 52.7 Å². The molecule has 2 saturated heterocycles. The minimum atomic E-state index is 0.361. The summed E-state index contributed by atoms with van der Waals surface area (Å²) in [5.74, 6) is 1.09. The normalized spacial score (nSPS) is 27.4. The van der Waals surface area contributed by atoms with Crippen LogP contribution in [0.5, 0.6) is 0 Å². The summed E-state index contributed by atoms with van der Waals surface area (Å²) in [5, 5.41) is 1.40. The molecule has 184 valence electrons. The molecule has 1 atom stereocenters. The average Bonchev–Trinajstić information content (AvgIpc) is 3.23. The Kier molecular flexibility index (Phi) is 6.23. The number of H-pyrrole nitrogens is 1. The van der Waals surface area contributed by atoms with Gasteiger partial charge < -0.3 is 9.72 Å². The van der Waals surface area contributed by atoms with Gasteiger partial charge in [-0.2, -0.15) is 0 Å². The number of aromatic nitrogens is 1. The molecule has 0 saturated carbocycles.